The normalized spacial score (nSPS) is 12.4. The Labute approximate surface area is 121 Å². The minimum atomic E-state index is -4.36. The molecule has 5 nitrogen and oxygen atoms in total. The van der Waals surface area contributed by atoms with E-state index >= 15 is 0 Å². The Bertz CT molecular complexity index is 457. The lowest BCUT2D eigenvalue weighted by Gasteiger charge is -2.14. The monoisotopic (exact) mass is 304 g/mol. The van der Waals surface area contributed by atoms with Crippen LogP contribution in [0.25, 0.3) is 0 Å². The van der Waals surface area contributed by atoms with Gasteiger partial charge in [-0.3, -0.25) is 4.99 Å². The number of nitrogens with one attached hydrogen (secondary N) is 2. The molecule has 0 saturated carbocycles. The fourth-order valence-corrected chi connectivity index (χ4v) is 1.41. The summed E-state index contributed by atoms with van der Waals surface area (Å²) in [6.07, 6.45) is -2.90. The van der Waals surface area contributed by atoms with Gasteiger partial charge in [-0.1, -0.05) is 6.07 Å². The third kappa shape index (κ3) is 7.38. The Kier molecular flexibility index (Phi) is 6.26. The summed E-state index contributed by atoms with van der Waals surface area (Å²) in [5.41, 5.74) is 0.807. The first-order valence-corrected chi connectivity index (χ1v) is 6.42. The number of nitrogens with zero attached hydrogens (tertiary/aromatic N) is 2. The second-order valence-corrected chi connectivity index (χ2v) is 4.63. The number of hydrogen-bond donors (Lipinski definition) is 2. The zero-order chi connectivity index (χ0) is 15.9. The largest absolute Gasteiger partial charge is 0.468 e. The van der Waals surface area contributed by atoms with Crippen molar-refractivity contribution in [1.29, 1.82) is 0 Å². The molecule has 0 aliphatic rings. The van der Waals surface area contributed by atoms with E-state index in [2.05, 4.69) is 25.3 Å². The highest BCUT2D eigenvalue weighted by molar-refractivity contribution is 5.79. The maximum atomic E-state index is 12.0. The standard InChI is InChI=1S/C13H19F3N4O/c1-9(2)20-12(17-3)19-7-10-4-5-11(18-6-10)21-8-13(14,15)16/h4-6,9H,7-8H2,1-3H3,(H2,17,19,20). The van der Waals surface area contributed by atoms with Crippen molar-refractivity contribution >= 4 is 5.96 Å². The van der Waals surface area contributed by atoms with Crippen molar-refractivity contribution in [1.82, 2.24) is 15.6 Å². The Hall–Kier alpha value is -1.99. The van der Waals surface area contributed by atoms with Gasteiger partial charge in [0, 0.05) is 31.9 Å². The Morgan fingerprint density at radius 3 is 2.57 bits per heavy atom. The van der Waals surface area contributed by atoms with Crippen molar-refractivity contribution in [3.63, 3.8) is 0 Å². The Morgan fingerprint density at radius 1 is 1.38 bits per heavy atom. The van der Waals surface area contributed by atoms with E-state index in [1.807, 2.05) is 13.8 Å². The number of alkyl halides is 3. The van der Waals surface area contributed by atoms with E-state index in [1.165, 1.54) is 12.3 Å². The van der Waals surface area contributed by atoms with Crippen molar-refractivity contribution in [2.75, 3.05) is 13.7 Å². The Morgan fingerprint density at radius 2 is 2.10 bits per heavy atom. The second-order valence-electron chi connectivity index (χ2n) is 4.63. The van der Waals surface area contributed by atoms with Crippen LogP contribution >= 0.6 is 0 Å². The van der Waals surface area contributed by atoms with Gasteiger partial charge in [0.05, 0.1) is 0 Å². The molecule has 0 bridgehead atoms. The van der Waals surface area contributed by atoms with Crippen LogP contribution in [0.3, 0.4) is 0 Å². The van der Waals surface area contributed by atoms with Gasteiger partial charge in [-0.15, -0.1) is 0 Å². The topological polar surface area (TPSA) is 58.5 Å². The summed E-state index contributed by atoms with van der Waals surface area (Å²) in [4.78, 5) is 7.87. The van der Waals surface area contributed by atoms with Gasteiger partial charge < -0.3 is 15.4 Å². The van der Waals surface area contributed by atoms with Gasteiger partial charge >= 0.3 is 6.18 Å². The van der Waals surface area contributed by atoms with E-state index in [1.54, 1.807) is 13.1 Å². The van der Waals surface area contributed by atoms with Crippen LogP contribution in [-0.4, -0.2) is 36.8 Å². The van der Waals surface area contributed by atoms with Crippen molar-refractivity contribution in [2.45, 2.75) is 32.6 Å². The molecular weight excluding hydrogens is 285 g/mol. The first-order valence-electron chi connectivity index (χ1n) is 6.42. The summed E-state index contributed by atoms with van der Waals surface area (Å²) in [5.74, 6) is 0.586. The predicted octanol–water partition coefficient (Wildman–Crippen LogP) is 2.10. The molecule has 0 atom stereocenters. The summed E-state index contributed by atoms with van der Waals surface area (Å²) in [6, 6.07) is 3.29. The number of ether oxygens (including phenoxy) is 1. The predicted molar refractivity (Wildman–Crippen MR) is 74.3 cm³/mol. The molecule has 2 N–H and O–H groups in total. The third-order valence-corrected chi connectivity index (χ3v) is 2.29. The molecule has 0 saturated heterocycles. The minimum Gasteiger partial charge on any atom is -0.468 e. The number of hydrogen-bond acceptors (Lipinski definition) is 3. The summed E-state index contributed by atoms with van der Waals surface area (Å²) < 4.78 is 40.5. The third-order valence-electron chi connectivity index (χ3n) is 2.29. The van der Waals surface area contributed by atoms with Crippen LogP contribution in [0.4, 0.5) is 13.2 Å². The van der Waals surface area contributed by atoms with Crippen molar-refractivity contribution in [2.24, 2.45) is 4.99 Å². The van der Waals surface area contributed by atoms with E-state index in [-0.39, 0.29) is 11.9 Å². The number of halogens is 3. The van der Waals surface area contributed by atoms with Crippen LogP contribution in [0.15, 0.2) is 23.3 Å². The van der Waals surface area contributed by atoms with E-state index in [4.69, 9.17) is 0 Å². The average molecular weight is 304 g/mol. The molecule has 0 aromatic carbocycles. The molecule has 0 fully saturated rings. The van der Waals surface area contributed by atoms with Crippen LogP contribution in [0.5, 0.6) is 5.88 Å². The molecule has 0 aliphatic heterocycles. The summed E-state index contributed by atoms with van der Waals surface area (Å²) >= 11 is 0. The molecule has 1 aromatic rings. The molecule has 0 spiro atoms. The average Bonchev–Trinajstić information content (AvgIpc) is 2.41. The molecule has 0 radical (unpaired) electrons. The summed E-state index contributed by atoms with van der Waals surface area (Å²) in [7, 11) is 1.66. The van der Waals surface area contributed by atoms with Gasteiger partial charge in [0.1, 0.15) is 0 Å². The van der Waals surface area contributed by atoms with E-state index in [0.717, 1.165) is 5.56 Å². The molecule has 118 valence electrons. The zero-order valence-electron chi connectivity index (χ0n) is 12.2. The van der Waals surface area contributed by atoms with Gasteiger partial charge in [-0.05, 0) is 19.4 Å². The summed E-state index contributed by atoms with van der Waals surface area (Å²) in [6.45, 7) is 3.09. The highest BCUT2D eigenvalue weighted by Gasteiger charge is 2.28. The molecule has 0 unspecified atom stereocenters. The molecular formula is C13H19F3N4O. The van der Waals surface area contributed by atoms with Crippen molar-refractivity contribution in [3.05, 3.63) is 23.9 Å². The lowest BCUT2D eigenvalue weighted by molar-refractivity contribution is -0.154. The SMILES string of the molecule is CN=C(NCc1ccc(OCC(F)(F)F)nc1)NC(C)C. The Balaban J connectivity index is 2.47. The van der Waals surface area contributed by atoms with E-state index < -0.39 is 12.8 Å². The fourth-order valence-electron chi connectivity index (χ4n) is 1.41. The van der Waals surface area contributed by atoms with E-state index in [0.29, 0.717) is 12.5 Å². The van der Waals surface area contributed by atoms with Gasteiger partial charge in [-0.2, -0.15) is 13.2 Å². The molecule has 21 heavy (non-hydrogen) atoms. The summed E-state index contributed by atoms with van der Waals surface area (Å²) in [5, 5.41) is 6.19. The number of aliphatic imine (C=N–C) groups is 1. The molecule has 0 aliphatic carbocycles. The maximum Gasteiger partial charge on any atom is 0.422 e. The van der Waals surface area contributed by atoms with Crippen LogP contribution in [0.1, 0.15) is 19.4 Å². The lowest BCUT2D eigenvalue weighted by Crippen LogP contribution is -2.40. The molecule has 1 heterocycles. The first kappa shape index (κ1) is 17.1. The second kappa shape index (κ2) is 7.70. The van der Waals surface area contributed by atoms with Crippen LogP contribution in [0.2, 0.25) is 0 Å². The fraction of sp³-hybridized carbons (Fsp3) is 0.538. The van der Waals surface area contributed by atoms with Gasteiger partial charge in [-0.25, -0.2) is 4.98 Å². The zero-order valence-corrected chi connectivity index (χ0v) is 12.2. The molecule has 8 heteroatoms. The number of aromatic nitrogens is 1. The lowest BCUT2D eigenvalue weighted by atomic mass is 10.3. The highest BCUT2D eigenvalue weighted by Crippen LogP contribution is 2.16. The van der Waals surface area contributed by atoms with Crippen LogP contribution in [-0.2, 0) is 6.54 Å². The van der Waals surface area contributed by atoms with Gasteiger partial charge in [0.15, 0.2) is 12.6 Å². The molecule has 0 amide bonds. The smallest absolute Gasteiger partial charge is 0.422 e. The minimum absolute atomic E-state index is 0.0548. The molecule has 1 aromatic heterocycles. The van der Waals surface area contributed by atoms with Crippen LogP contribution < -0.4 is 15.4 Å². The van der Waals surface area contributed by atoms with Crippen molar-refractivity contribution < 1.29 is 17.9 Å². The first-order chi connectivity index (χ1) is 9.80. The van der Waals surface area contributed by atoms with Crippen molar-refractivity contribution in [3.8, 4) is 5.88 Å². The van der Waals surface area contributed by atoms with Crippen LogP contribution in [0, 0.1) is 0 Å². The van der Waals surface area contributed by atoms with Gasteiger partial charge in [0.2, 0.25) is 5.88 Å². The quantitative estimate of drug-likeness (QED) is 0.646. The molecule has 1 rings (SSSR count). The highest BCUT2D eigenvalue weighted by atomic mass is 19.4. The maximum absolute atomic E-state index is 12.0. The number of rotatable bonds is 5. The number of guanidine groups is 1. The van der Waals surface area contributed by atoms with E-state index in [9.17, 15) is 13.2 Å². The number of pyridine rings is 1. The van der Waals surface area contributed by atoms with Gasteiger partial charge in [0.25, 0.3) is 0 Å².